The molecule has 2 heteroatoms. The van der Waals surface area contributed by atoms with Gasteiger partial charge >= 0.3 is 0 Å². The molecule has 0 aliphatic heterocycles. The van der Waals surface area contributed by atoms with Gasteiger partial charge in [0, 0.05) is 5.92 Å². The monoisotopic (exact) mass is 156 g/mol. The van der Waals surface area contributed by atoms with Crippen LogP contribution in [0.15, 0.2) is 12.2 Å². The van der Waals surface area contributed by atoms with E-state index in [9.17, 15) is 4.79 Å². The fraction of sp³-hybridized carbons (Fsp3) is 0.625. The van der Waals surface area contributed by atoms with Gasteiger partial charge in [-0.2, -0.15) is 0 Å². The summed E-state index contributed by atoms with van der Waals surface area (Å²) in [4.78, 5) is 10.8. The highest BCUT2D eigenvalue weighted by Gasteiger charge is 2.38. The first kappa shape index (κ1) is 6.41. The molecule has 0 amide bonds. The molecule has 1 saturated carbocycles. The van der Waals surface area contributed by atoms with E-state index >= 15 is 0 Å². The Hall–Kier alpha value is -0.300. The van der Waals surface area contributed by atoms with Crippen molar-refractivity contribution >= 4 is 16.8 Å². The maximum atomic E-state index is 10.8. The molecule has 0 aromatic heterocycles. The van der Waals surface area contributed by atoms with Crippen LogP contribution in [-0.2, 0) is 4.79 Å². The molecule has 0 N–H and O–H groups in total. The van der Waals surface area contributed by atoms with Crippen molar-refractivity contribution in [3.8, 4) is 0 Å². The summed E-state index contributed by atoms with van der Waals surface area (Å²) < 4.78 is 0. The Morgan fingerprint density at radius 3 is 2.50 bits per heavy atom. The van der Waals surface area contributed by atoms with Crippen LogP contribution in [0.3, 0.4) is 0 Å². The molecule has 0 unspecified atom stereocenters. The van der Waals surface area contributed by atoms with Gasteiger partial charge in [0.05, 0.1) is 0 Å². The molecule has 2 rings (SSSR count). The highest BCUT2D eigenvalue weighted by atomic mass is 35.5. The van der Waals surface area contributed by atoms with Crippen molar-refractivity contribution in [1.82, 2.24) is 0 Å². The van der Waals surface area contributed by atoms with Gasteiger partial charge in [-0.3, -0.25) is 4.79 Å². The average molecular weight is 157 g/mol. The summed E-state index contributed by atoms with van der Waals surface area (Å²) in [6.07, 6.45) is 6.49. The molecule has 0 aromatic carbocycles. The fourth-order valence-corrected chi connectivity index (χ4v) is 2.29. The van der Waals surface area contributed by atoms with Crippen molar-refractivity contribution < 1.29 is 4.79 Å². The number of fused-ring (bicyclic) bond motifs is 2. The molecular weight excluding hydrogens is 148 g/mol. The van der Waals surface area contributed by atoms with E-state index in [-0.39, 0.29) is 11.2 Å². The number of hydrogen-bond donors (Lipinski definition) is 0. The van der Waals surface area contributed by atoms with Gasteiger partial charge in [0.1, 0.15) is 0 Å². The normalized spacial score (nSPS) is 42.7. The highest BCUT2D eigenvalue weighted by Crippen LogP contribution is 2.44. The molecule has 2 aliphatic rings. The lowest BCUT2D eigenvalue weighted by Crippen LogP contribution is -2.13. The van der Waals surface area contributed by atoms with Crippen molar-refractivity contribution in [2.45, 2.75) is 12.8 Å². The first-order valence-corrected chi connectivity index (χ1v) is 4.03. The third-order valence-corrected chi connectivity index (χ3v) is 2.85. The number of halogens is 1. The van der Waals surface area contributed by atoms with Crippen molar-refractivity contribution in [3.05, 3.63) is 12.2 Å². The standard InChI is InChI=1S/C8H9ClO/c9-8(10)7-4-5-1-2-6(7)3-5/h1-2,5-7H,3-4H2/t5-,6-,7-/m1/s1. The molecule has 1 fully saturated rings. The quantitative estimate of drug-likeness (QED) is 0.419. The largest absolute Gasteiger partial charge is 0.281 e. The van der Waals surface area contributed by atoms with Gasteiger partial charge < -0.3 is 0 Å². The van der Waals surface area contributed by atoms with Crippen molar-refractivity contribution in [2.75, 3.05) is 0 Å². The molecule has 3 atom stereocenters. The first-order valence-electron chi connectivity index (χ1n) is 3.65. The minimum absolute atomic E-state index is 0.136. The summed E-state index contributed by atoms with van der Waals surface area (Å²) in [7, 11) is 0. The predicted octanol–water partition coefficient (Wildman–Crippen LogP) is 1.96. The summed E-state index contributed by atoms with van der Waals surface area (Å²) in [6, 6.07) is 0. The lowest BCUT2D eigenvalue weighted by molar-refractivity contribution is -0.115. The van der Waals surface area contributed by atoms with Crippen LogP contribution in [0.1, 0.15) is 12.8 Å². The molecule has 0 radical (unpaired) electrons. The Kier molecular flexibility index (Phi) is 1.34. The SMILES string of the molecule is O=C(Cl)[C@@H]1C[C@@H]2C=C[C@@H]1C2. The van der Waals surface area contributed by atoms with Gasteiger partial charge in [-0.25, -0.2) is 0 Å². The summed E-state index contributed by atoms with van der Waals surface area (Å²) in [5.41, 5.74) is 0. The number of rotatable bonds is 1. The van der Waals surface area contributed by atoms with E-state index < -0.39 is 0 Å². The summed E-state index contributed by atoms with van der Waals surface area (Å²) in [6.45, 7) is 0. The second-order valence-electron chi connectivity index (χ2n) is 3.19. The second-order valence-corrected chi connectivity index (χ2v) is 3.56. The number of hydrogen-bond acceptors (Lipinski definition) is 1. The maximum Gasteiger partial charge on any atom is 0.225 e. The zero-order valence-corrected chi connectivity index (χ0v) is 6.34. The topological polar surface area (TPSA) is 17.1 Å². The molecule has 0 heterocycles. The van der Waals surface area contributed by atoms with Crippen molar-refractivity contribution in [3.63, 3.8) is 0 Å². The fourth-order valence-electron chi connectivity index (χ4n) is 2.04. The summed E-state index contributed by atoms with van der Waals surface area (Å²) in [5, 5.41) is -0.142. The van der Waals surface area contributed by atoms with Crippen LogP contribution in [0.2, 0.25) is 0 Å². The van der Waals surface area contributed by atoms with Crippen LogP contribution in [0.5, 0.6) is 0 Å². The third kappa shape index (κ3) is 0.807. The number of carbonyl (C=O) groups excluding carboxylic acids is 1. The van der Waals surface area contributed by atoms with Gasteiger partial charge in [-0.05, 0) is 36.3 Å². The Morgan fingerprint density at radius 2 is 2.20 bits per heavy atom. The Morgan fingerprint density at radius 1 is 1.40 bits per heavy atom. The second kappa shape index (κ2) is 2.09. The minimum Gasteiger partial charge on any atom is -0.281 e. The van der Waals surface area contributed by atoms with E-state index in [1.165, 1.54) is 0 Å². The molecule has 0 saturated heterocycles. The lowest BCUT2D eigenvalue weighted by Gasteiger charge is -2.11. The smallest absolute Gasteiger partial charge is 0.225 e. The molecule has 2 bridgehead atoms. The molecule has 10 heavy (non-hydrogen) atoms. The molecule has 0 spiro atoms. The third-order valence-electron chi connectivity index (χ3n) is 2.57. The van der Waals surface area contributed by atoms with Crippen molar-refractivity contribution in [1.29, 1.82) is 0 Å². The predicted molar refractivity (Wildman–Crippen MR) is 39.7 cm³/mol. The van der Waals surface area contributed by atoms with E-state index in [4.69, 9.17) is 11.6 Å². The Balaban J connectivity index is 2.16. The minimum atomic E-state index is -0.142. The van der Waals surface area contributed by atoms with E-state index in [0.717, 1.165) is 12.8 Å². The zero-order chi connectivity index (χ0) is 7.14. The average Bonchev–Trinajstić information content (AvgIpc) is 2.44. The maximum absolute atomic E-state index is 10.8. The van der Waals surface area contributed by atoms with Gasteiger partial charge in [-0.15, -0.1) is 0 Å². The number of carbonyl (C=O) groups is 1. The zero-order valence-electron chi connectivity index (χ0n) is 5.59. The van der Waals surface area contributed by atoms with Gasteiger partial charge in [0.15, 0.2) is 0 Å². The Bertz CT molecular complexity index is 197. The lowest BCUT2D eigenvalue weighted by atomic mass is 9.95. The Labute approximate surface area is 65.1 Å². The van der Waals surface area contributed by atoms with Crippen LogP contribution < -0.4 is 0 Å². The van der Waals surface area contributed by atoms with Crippen LogP contribution in [0.25, 0.3) is 0 Å². The first-order chi connectivity index (χ1) is 4.77. The van der Waals surface area contributed by atoms with E-state index in [1.54, 1.807) is 0 Å². The summed E-state index contributed by atoms with van der Waals surface area (Å²) in [5.74, 6) is 1.25. The molecule has 0 aromatic rings. The molecule has 2 aliphatic carbocycles. The molecule has 54 valence electrons. The van der Waals surface area contributed by atoms with E-state index in [2.05, 4.69) is 12.2 Å². The summed E-state index contributed by atoms with van der Waals surface area (Å²) >= 11 is 5.41. The van der Waals surface area contributed by atoms with Gasteiger partial charge in [0.25, 0.3) is 0 Å². The van der Waals surface area contributed by atoms with Crippen LogP contribution in [0.4, 0.5) is 0 Å². The van der Waals surface area contributed by atoms with Crippen molar-refractivity contribution in [2.24, 2.45) is 17.8 Å². The van der Waals surface area contributed by atoms with Crippen LogP contribution >= 0.6 is 11.6 Å². The number of allylic oxidation sites excluding steroid dienone is 2. The van der Waals surface area contributed by atoms with E-state index in [1.807, 2.05) is 0 Å². The highest BCUT2D eigenvalue weighted by molar-refractivity contribution is 6.64. The van der Waals surface area contributed by atoms with Crippen LogP contribution in [0, 0.1) is 17.8 Å². The van der Waals surface area contributed by atoms with Crippen LogP contribution in [-0.4, -0.2) is 5.24 Å². The molecule has 1 nitrogen and oxygen atoms in total. The van der Waals surface area contributed by atoms with E-state index in [0.29, 0.717) is 11.8 Å². The molecular formula is C8H9ClO. The van der Waals surface area contributed by atoms with Gasteiger partial charge in [0.2, 0.25) is 5.24 Å². The van der Waals surface area contributed by atoms with Gasteiger partial charge in [-0.1, -0.05) is 12.2 Å².